The van der Waals surface area contributed by atoms with Gasteiger partial charge in [-0.3, -0.25) is 5.10 Å². The molecule has 1 spiro atoms. The molecule has 140 valence electrons. The van der Waals surface area contributed by atoms with Gasteiger partial charge in [0, 0.05) is 35.1 Å². The fourth-order valence-electron chi connectivity index (χ4n) is 4.62. The molecule has 5 rings (SSSR count). The van der Waals surface area contributed by atoms with Crippen molar-refractivity contribution in [1.29, 1.82) is 0 Å². The number of rotatable bonds is 2. The van der Waals surface area contributed by atoms with Gasteiger partial charge >= 0.3 is 0 Å². The molecule has 3 atom stereocenters. The number of hydrogen-bond donors (Lipinski definition) is 2. The molecule has 0 unspecified atom stereocenters. The van der Waals surface area contributed by atoms with Crippen LogP contribution in [0.1, 0.15) is 41.8 Å². The first-order valence-electron chi connectivity index (χ1n) is 9.41. The van der Waals surface area contributed by atoms with Crippen molar-refractivity contribution in [3.63, 3.8) is 0 Å². The van der Waals surface area contributed by atoms with Gasteiger partial charge in [0.2, 0.25) is 0 Å². The molecule has 4 heterocycles. The lowest BCUT2D eigenvalue weighted by Gasteiger charge is -2.46. The lowest BCUT2D eigenvalue weighted by atomic mass is 9.78. The first kappa shape index (κ1) is 17.4. The van der Waals surface area contributed by atoms with Gasteiger partial charge in [-0.15, -0.1) is 11.3 Å². The quantitative estimate of drug-likeness (QED) is 0.632. The van der Waals surface area contributed by atoms with Gasteiger partial charge in [0.25, 0.3) is 0 Å². The van der Waals surface area contributed by atoms with Gasteiger partial charge in [0.1, 0.15) is 5.60 Å². The standard InChI is InChI=1S/C21H22ClN3OS/c1-13-9-21(20-16(5-6-26-21)8-19(22)27-20)10-18(25-13)15-4-2-3-14(7-15)17-11-23-24-12-17/h2-4,7-8,11-13,18,25H,5-6,9-10H2,1H3,(H,23,24)/t13-,18-,21-/m0/s1. The summed E-state index contributed by atoms with van der Waals surface area (Å²) in [6, 6.07) is 11.5. The van der Waals surface area contributed by atoms with Gasteiger partial charge in [-0.1, -0.05) is 29.8 Å². The summed E-state index contributed by atoms with van der Waals surface area (Å²) in [5.41, 5.74) is 4.72. The normalized spacial score (nSPS) is 27.6. The Bertz CT molecular complexity index is 954. The number of thiophene rings is 1. The summed E-state index contributed by atoms with van der Waals surface area (Å²) in [5, 5.41) is 10.8. The van der Waals surface area contributed by atoms with E-state index in [1.165, 1.54) is 21.6 Å². The lowest BCUT2D eigenvalue weighted by Crippen LogP contribution is -2.49. The molecular weight excluding hydrogens is 378 g/mol. The van der Waals surface area contributed by atoms with Crippen molar-refractivity contribution in [2.45, 2.75) is 43.9 Å². The fourth-order valence-corrected chi connectivity index (χ4v) is 6.08. The van der Waals surface area contributed by atoms with Crippen LogP contribution in [0.15, 0.2) is 42.7 Å². The van der Waals surface area contributed by atoms with Crippen molar-refractivity contribution in [2.24, 2.45) is 0 Å². The van der Waals surface area contributed by atoms with Gasteiger partial charge in [0.15, 0.2) is 0 Å². The Labute approximate surface area is 167 Å². The Balaban J connectivity index is 1.51. The lowest BCUT2D eigenvalue weighted by molar-refractivity contribution is -0.0954. The van der Waals surface area contributed by atoms with E-state index in [2.05, 4.69) is 52.8 Å². The third-order valence-electron chi connectivity index (χ3n) is 5.72. The van der Waals surface area contributed by atoms with Gasteiger partial charge in [-0.2, -0.15) is 5.10 Å². The zero-order valence-corrected chi connectivity index (χ0v) is 16.7. The van der Waals surface area contributed by atoms with E-state index in [0.29, 0.717) is 6.04 Å². The number of nitrogens with one attached hydrogen (secondary N) is 2. The molecule has 4 nitrogen and oxygen atoms in total. The zero-order valence-electron chi connectivity index (χ0n) is 15.2. The maximum absolute atomic E-state index is 6.47. The van der Waals surface area contributed by atoms with Crippen LogP contribution < -0.4 is 5.32 Å². The molecule has 6 heteroatoms. The Hall–Kier alpha value is -1.66. The topological polar surface area (TPSA) is 49.9 Å². The predicted octanol–water partition coefficient (Wildman–Crippen LogP) is 5.07. The minimum Gasteiger partial charge on any atom is -0.369 e. The summed E-state index contributed by atoms with van der Waals surface area (Å²) in [7, 11) is 0. The molecule has 1 fully saturated rings. The van der Waals surface area contributed by atoms with E-state index in [4.69, 9.17) is 16.3 Å². The van der Waals surface area contributed by atoms with Crippen molar-refractivity contribution in [3.8, 4) is 11.1 Å². The van der Waals surface area contributed by atoms with E-state index >= 15 is 0 Å². The number of aromatic amines is 1. The van der Waals surface area contributed by atoms with Crippen LogP contribution in [0.2, 0.25) is 4.34 Å². The third kappa shape index (κ3) is 3.13. The molecule has 2 aromatic heterocycles. The molecule has 0 amide bonds. The van der Waals surface area contributed by atoms with E-state index in [-0.39, 0.29) is 11.6 Å². The van der Waals surface area contributed by atoms with Crippen molar-refractivity contribution in [2.75, 3.05) is 6.61 Å². The second kappa shape index (κ2) is 6.74. The number of piperidine rings is 1. The van der Waals surface area contributed by atoms with E-state index in [1.807, 2.05) is 12.4 Å². The average Bonchev–Trinajstić information content (AvgIpc) is 3.31. The second-order valence-corrected chi connectivity index (χ2v) is 9.32. The summed E-state index contributed by atoms with van der Waals surface area (Å²) in [5.74, 6) is 0. The highest BCUT2D eigenvalue weighted by molar-refractivity contribution is 7.16. The first-order chi connectivity index (χ1) is 13.1. The maximum Gasteiger partial charge on any atom is 0.106 e. The maximum atomic E-state index is 6.47. The van der Waals surface area contributed by atoms with Crippen molar-refractivity contribution < 1.29 is 4.74 Å². The highest BCUT2D eigenvalue weighted by atomic mass is 35.5. The molecule has 0 radical (unpaired) electrons. The number of hydrogen-bond acceptors (Lipinski definition) is 4. The van der Waals surface area contributed by atoms with Crippen LogP contribution in [0.3, 0.4) is 0 Å². The average molecular weight is 400 g/mol. The molecule has 3 aromatic rings. The number of H-pyrrole nitrogens is 1. The van der Waals surface area contributed by atoms with Crippen LogP contribution in [0.5, 0.6) is 0 Å². The van der Waals surface area contributed by atoms with Gasteiger partial charge in [-0.25, -0.2) is 0 Å². The molecule has 1 aromatic carbocycles. The molecule has 0 saturated carbocycles. The molecular formula is C21H22ClN3OS. The molecule has 27 heavy (non-hydrogen) atoms. The van der Waals surface area contributed by atoms with Gasteiger partial charge < -0.3 is 10.1 Å². The molecule has 1 saturated heterocycles. The van der Waals surface area contributed by atoms with Crippen LogP contribution in [0, 0.1) is 0 Å². The monoisotopic (exact) mass is 399 g/mol. The van der Waals surface area contributed by atoms with Gasteiger partial charge in [0.05, 0.1) is 17.1 Å². The minimum atomic E-state index is -0.230. The summed E-state index contributed by atoms with van der Waals surface area (Å²) >= 11 is 8.06. The number of nitrogens with zero attached hydrogens (tertiary/aromatic N) is 1. The third-order valence-corrected chi connectivity index (χ3v) is 7.21. The number of halogens is 1. The van der Waals surface area contributed by atoms with E-state index in [1.54, 1.807) is 11.3 Å². The number of aromatic nitrogens is 2. The predicted molar refractivity (Wildman–Crippen MR) is 109 cm³/mol. The number of benzene rings is 1. The zero-order chi connectivity index (χ0) is 18.4. The summed E-state index contributed by atoms with van der Waals surface area (Å²) in [6.07, 6.45) is 6.66. The van der Waals surface area contributed by atoms with Crippen molar-refractivity contribution in [1.82, 2.24) is 15.5 Å². The van der Waals surface area contributed by atoms with Crippen molar-refractivity contribution in [3.05, 3.63) is 63.1 Å². The number of ether oxygens (including phenoxy) is 1. The summed E-state index contributed by atoms with van der Waals surface area (Å²) in [4.78, 5) is 1.34. The molecule has 2 aliphatic heterocycles. The Morgan fingerprint density at radius 3 is 3.04 bits per heavy atom. The van der Waals surface area contributed by atoms with Gasteiger partial charge in [-0.05, 0) is 48.6 Å². The summed E-state index contributed by atoms with van der Waals surface area (Å²) in [6.45, 7) is 3.02. The van der Waals surface area contributed by atoms with E-state index < -0.39 is 0 Å². The van der Waals surface area contributed by atoms with Crippen LogP contribution in [-0.2, 0) is 16.8 Å². The Morgan fingerprint density at radius 1 is 1.26 bits per heavy atom. The Kier molecular flexibility index (Phi) is 4.36. The smallest absolute Gasteiger partial charge is 0.106 e. The highest BCUT2D eigenvalue weighted by Crippen LogP contribution is 2.50. The highest BCUT2D eigenvalue weighted by Gasteiger charge is 2.46. The molecule has 0 aliphatic carbocycles. The Morgan fingerprint density at radius 2 is 2.19 bits per heavy atom. The van der Waals surface area contributed by atoms with Crippen LogP contribution in [0.4, 0.5) is 0 Å². The van der Waals surface area contributed by atoms with Crippen LogP contribution in [0.25, 0.3) is 11.1 Å². The minimum absolute atomic E-state index is 0.230. The number of fused-ring (bicyclic) bond motifs is 2. The van der Waals surface area contributed by atoms with E-state index in [0.717, 1.165) is 35.8 Å². The molecule has 2 N–H and O–H groups in total. The largest absolute Gasteiger partial charge is 0.369 e. The second-order valence-electron chi connectivity index (χ2n) is 7.64. The van der Waals surface area contributed by atoms with Crippen LogP contribution >= 0.6 is 22.9 Å². The van der Waals surface area contributed by atoms with Crippen molar-refractivity contribution >= 4 is 22.9 Å². The SMILES string of the molecule is C[C@H]1C[C@@]2(C[C@@H](c3cccc(-c4cn[nH]c4)c3)N1)OCCc1cc(Cl)sc12. The molecule has 0 bridgehead atoms. The van der Waals surface area contributed by atoms with E-state index in [9.17, 15) is 0 Å². The first-order valence-corrected chi connectivity index (χ1v) is 10.6. The fraction of sp³-hybridized carbons (Fsp3) is 0.381. The molecule has 2 aliphatic rings. The van der Waals surface area contributed by atoms with Crippen LogP contribution in [-0.4, -0.2) is 22.8 Å². The summed E-state index contributed by atoms with van der Waals surface area (Å²) < 4.78 is 7.34.